The van der Waals surface area contributed by atoms with Crippen molar-refractivity contribution in [2.45, 2.75) is 39.7 Å². The summed E-state index contributed by atoms with van der Waals surface area (Å²) in [5.41, 5.74) is 4.46. The number of thiophene rings is 1. The van der Waals surface area contributed by atoms with Gasteiger partial charge in [0.25, 0.3) is 5.91 Å². The largest absolute Gasteiger partial charge is 0.351 e. The molecule has 0 spiro atoms. The highest BCUT2D eigenvalue weighted by Gasteiger charge is 2.18. The molecular weight excluding hydrogens is 396 g/mol. The lowest BCUT2D eigenvalue weighted by Crippen LogP contribution is -2.25. The fourth-order valence-corrected chi connectivity index (χ4v) is 4.48. The Morgan fingerprint density at radius 2 is 1.88 bits per heavy atom. The van der Waals surface area contributed by atoms with E-state index in [1.807, 2.05) is 13.0 Å². The Balaban J connectivity index is 1.99. The molecule has 1 amide bonds. The molecule has 2 aromatic heterocycles. The van der Waals surface area contributed by atoms with Crippen LogP contribution < -0.4 is 5.32 Å². The van der Waals surface area contributed by atoms with E-state index < -0.39 is 0 Å². The number of fused-ring (bicyclic) bond motifs is 1. The molecule has 0 aliphatic carbocycles. The minimum atomic E-state index is -0.0201. The zero-order chi connectivity index (χ0) is 18.2. The molecule has 0 aliphatic heterocycles. The standard InChI is InChI=1S/C20H23BrN2OS/c1-5-22-19(24)16-10-17-15(11-18(21)25-17)23(16)12-13-6-8-14(9-7-13)20(2,3)4/h6-11H,5,12H2,1-4H3,(H,22,24). The number of hydrogen-bond donors (Lipinski definition) is 1. The van der Waals surface area contributed by atoms with E-state index in [-0.39, 0.29) is 11.3 Å². The predicted molar refractivity (Wildman–Crippen MR) is 110 cm³/mol. The lowest BCUT2D eigenvalue weighted by molar-refractivity contribution is 0.0947. The van der Waals surface area contributed by atoms with Gasteiger partial charge in [-0.2, -0.15) is 0 Å². The van der Waals surface area contributed by atoms with Crippen LogP contribution >= 0.6 is 27.3 Å². The Morgan fingerprint density at radius 3 is 2.48 bits per heavy atom. The minimum absolute atomic E-state index is 0.0201. The number of amides is 1. The second kappa shape index (κ2) is 6.96. The van der Waals surface area contributed by atoms with Crippen LogP contribution in [0.5, 0.6) is 0 Å². The molecule has 0 saturated carbocycles. The van der Waals surface area contributed by atoms with Crippen LogP contribution in [0.15, 0.2) is 40.2 Å². The fourth-order valence-electron chi connectivity index (χ4n) is 2.91. The molecule has 132 valence electrons. The number of nitrogens with one attached hydrogen (secondary N) is 1. The summed E-state index contributed by atoms with van der Waals surface area (Å²) in [6.45, 7) is 9.90. The van der Waals surface area contributed by atoms with Crippen molar-refractivity contribution in [1.82, 2.24) is 9.88 Å². The van der Waals surface area contributed by atoms with Gasteiger partial charge in [0.15, 0.2) is 0 Å². The zero-order valence-electron chi connectivity index (χ0n) is 15.0. The number of carbonyl (C=O) groups is 1. The summed E-state index contributed by atoms with van der Waals surface area (Å²) in [5, 5.41) is 2.92. The molecule has 3 rings (SSSR count). The first-order valence-corrected chi connectivity index (χ1v) is 10.1. The van der Waals surface area contributed by atoms with Gasteiger partial charge in [-0.1, -0.05) is 45.0 Å². The quantitative estimate of drug-likeness (QED) is 0.590. The van der Waals surface area contributed by atoms with Crippen molar-refractivity contribution < 1.29 is 4.79 Å². The first-order chi connectivity index (χ1) is 11.8. The van der Waals surface area contributed by atoms with Gasteiger partial charge in [-0.15, -0.1) is 11.3 Å². The van der Waals surface area contributed by atoms with Crippen molar-refractivity contribution in [2.24, 2.45) is 0 Å². The topological polar surface area (TPSA) is 34.0 Å². The molecule has 0 atom stereocenters. The third-order valence-electron chi connectivity index (χ3n) is 4.29. The van der Waals surface area contributed by atoms with Gasteiger partial charge in [0, 0.05) is 13.1 Å². The molecular formula is C20H23BrN2OS. The van der Waals surface area contributed by atoms with Gasteiger partial charge < -0.3 is 9.88 Å². The van der Waals surface area contributed by atoms with Gasteiger partial charge >= 0.3 is 0 Å². The Labute approximate surface area is 161 Å². The Kier molecular flexibility index (Phi) is 5.07. The summed E-state index contributed by atoms with van der Waals surface area (Å²) in [5.74, 6) is -0.0201. The maximum absolute atomic E-state index is 12.5. The molecule has 0 aliphatic rings. The van der Waals surface area contributed by atoms with Crippen LogP contribution in [0.2, 0.25) is 0 Å². The molecule has 2 heterocycles. The number of benzene rings is 1. The van der Waals surface area contributed by atoms with Crippen LogP contribution in [0.4, 0.5) is 0 Å². The number of hydrogen-bond acceptors (Lipinski definition) is 2. The lowest BCUT2D eigenvalue weighted by Gasteiger charge is -2.19. The molecule has 3 nitrogen and oxygen atoms in total. The number of aromatic nitrogens is 1. The van der Waals surface area contributed by atoms with Crippen LogP contribution in [0.25, 0.3) is 10.2 Å². The van der Waals surface area contributed by atoms with E-state index in [0.29, 0.717) is 13.1 Å². The van der Waals surface area contributed by atoms with E-state index in [1.165, 1.54) is 11.1 Å². The third kappa shape index (κ3) is 3.82. The molecule has 5 heteroatoms. The SMILES string of the molecule is CCNC(=O)c1cc2sc(Br)cc2n1Cc1ccc(C(C)(C)C)cc1. The van der Waals surface area contributed by atoms with E-state index >= 15 is 0 Å². The van der Waals surface area contributed by atoms with Crippen LogP contribution in [0.1, 0.15) is 49.3 Å². The van der Waals surface area contributed by atoms with Crippen LogP contribution in [-0.2, 0) is 12.0 Å². The molecule has 0 bridgehead atoms. The second-order valence-electron chi connectivity index (χ2n) is 7.22. The van der Waals surface area contributed by atoms with Gasteiger partial charge in [0.2, 0.25) is 0 Å². The third-order valence-corrected chi connectivity index (χ3v) is 5.86. The van der Waals surface area contributed by atoms with E-state index in [2.05, 4.69) is 76.9 Å². The second-order valence-corrected chi connectivity index (χ2v) is 9.69. The van der Waals surface area contributed by atoms with Crippen molar-refractivity contribution in [3.05, 3.63) is 57.0 Å². The Hall–Kier alpha value is -1.59. The van der Waals surface area contributed by atoms with Gasteiger partial charge in [-0.25, -0.2) is 0 Å². The smallest absolute Gasteiger partial charge is 0.267 e. The first-order valence-electron chi connectivity index (χ1n) is 8.46. The van der Waals surface area contributed by atoms with Crippen molar-refractivity contribution in [1.29, 1.82) is 0 Å². The maximum Gasteiger partial charge on any atom is 0.267 e. The summed E-state index contributed by atoms with van der Waals surface area (Å²) in [6.07, 6.45) is 0. The van der Waals surface area contributed by atoms with Gasteiger partial charge in [-0.05, 0) is 51.5 Å². The highest BCUT2D eigenvalue weighted by molar-refractivity contribution is 9.11. The monoisotopic (exact) mass is 418 g/mol. The van der Waals surface area contributed by atoms with Crippen molar-refractivity contribution in [3.8, 4) is 0 Å². The number of carbonyl (C=O) groups excluding carboxylic acids is 1. The highest BCUT2D eigenvalue weighted by atomic mass is 79.9. The summed E-state index contributed by atoms with van der Waals surface area (Å²) in [4.78, 5) is 12.5. The average molecular weight is 419 g/mol. The summed E-state index contributed by atoms with van der Waals surface area (Å²) in [7, 11) is 0. The van der Waals surface area contributed by atoms with Gasteiger partial charge in [-0.3, -0.25) is 4.79 Å². The number of halogens is 1. The molecule has 0 saturated heterocycles. The van der Waals surface area contributed by atoms with E-state index in [0.717, 1.165) is 19.7 Å². The molecule has 0 radical (unpaired) electrons. The molecule has 0 fully saturated rings. The van der Waals surface area contributed by atoms with Gasteiger partial charge in [0.05, 0.1) is 14.0 Å². The Morgan fingerprint density at radius 1 is 1.20 bits per heavy atom. The van der Waals surface area contributed by atoms with Crippen LogP contribution in [0.3, 0.4) is 0 Å². The number of nitrogens with zero attached hydrogens (tertiary/aromatic N) is 1. The zero-order valence-corrected chi connectivity index (χ0v) is 17.4. The Bertz CT molecular complexity index is 900. The van der Waals surface area contributed by atoms with Gasteiger partial charge in [0.1, 0.15) is 5.69 Å². The predicted octanol–water partition coefficient (Wildman–Crippen LogP) is 5.56. The first kappa shape index (κ1) is 18.2. The molecule has 1 N–H and O–H groups in total. The van der Waals surface area contributed by atoms with Crippen LogP contribution in [0, 0.1) is 0 Å². The van der Waals surface area contributed by atoms with E-state index in [1.54, 1.807) is 11.3 Å². The molecule has 0 unspecified atom stereocenters. The summed E-state index contributed by atoms with van der Waals surface area (Å²) < 4.78 is 4.31. The van der Waals surface area contributed by atoms with Crippen molar-refractivity contribution in [3.63, 3.8) is 0 Å². The van der Waals surface area contributed by atoms with Crippen molar-refractivity contribution in [2.75, 3.05) is 6.54 Å². The fraction of sp³-hybridized carbons (Fsp3) is 0.350. The molecule has 25 heavy (non-hydrogen) atoms. The van der Waals surface area contributed by atoms with E-state index in [9.17, 15) is 4.79 Å². The average Bonchev–Trinajstić information content (AvgIpc) is 3.05. The summed E-state index contributed by atoms with van der Waals surface area (Å²) >= 11 is 5.21. The van der Waals surface area contributed by atoms with Crippen LogP contribution in [-0.4, -0.2) is 17.0 Å². The minimum Gasteiger partial charge on any atom is -0.351 e. The molecule has 1 aromatic carbocycles. The molecule has 3 aromatic rings. The highest BCUT2D eigenvalue weighted by Crippen LogP contribution is 2.33. The maximum atomic E-state index is 12.5. The number of rotatable bonds is 4. The van der Waals surface area contributed by atoms with Crippen molar-refractivity contribution >= 4 is 43.4 Å². The summed E-state index contributed by atoms with van der Waals surface area (Å²) in [6, 6.07) is 12.8. The normalized spacial score (nSPS) is 11.9. The lowest BCUT2D eigenvalue weighted by atomic mass is 9.87. The van der Waals surface area contributed by atoms with E-state index in [4.69, 9.17) is 0 Å².